The van der Waals surface area contributed by atoms with Gasteiger partial charge in [0.15, 0.2) is 5.16 Å². The third-order valence-electron chi connectivity index (χ3n) is 4.30. The smallest absolute Gasteiger partial charge is 0.311 e. The van der Waals surface area contributed by atoms with Crippen molar-refractivity contribution in [3.8, 4) is 5.75 Å². The molecule has 4 nitrogen and oxygen atoms in total. The molecule has 1 heterocycles. The average Bonchev–Trinajstić information content (AvgIpc) is 2.56. The Hall–Kier alpha value is -1.59. The maximum Gasteiger partial charge on any atom is 0.311 e. The first-order valence-electron chi connectivity index (χ1n) is 8.61. The number of nitrogens with zero attached hydrogens (tertiary/aromatic N) is 2. The highest BCUT2D eigenvalue weighted by atomic mass is 35.5. The molecule has 0 spiro atoms. The Labute approximate surface area is 164 Å². The van der Waals surface area contributed by atoms with Gasteiger partial charge in [0.05, 0.1) is 6.42 Å². The fourth-order valence-corrected chi connectivity index (χ4v) is 3.40. The molecule has 0 fully saturated rings. The fourth-order valence-electron chi connectivity index (χ4n) is 2.77. The molecule has 1 aromatic heterocycles. The average molecular weight is 393 g/mol. The van der Waals surface area contributed by atoms with Crippen LogP contribution in [0.5, 0.6) is 5.75 Å². The van der Waals surface area contributed by atoms with E-state index < -0.39 is 0 Å². The molecule has 6 heteroatoms. The molecule has 0 aliphatic carbocycles. The molecule has 0 unspecified atom stereocenters. The summed E-state index contributed by atoms with van der Waals surface area (Å²) < 4.78 is 5.65. The minimum atomic E-state index is -0.263. The van der Waals surface area contributed by atoms with E-state index in [1.165, 1.54) is 11.8 Å². The van der Waals surface area contributed by atoms with Gasteiger partial charge in [-0.1, -0.05) is 37.2 Å². The SMILES string of the molecule is CSc1nc(C)c(CCC(=O)Oc2cc(C)c(Cl)cc2C(C)C)c(C)n1. The second-order valence-electron chi connectivity index (χ2n) is 6.63. The van der Waals surface area contributed by atoms with Gasteiger partial charge in [-0.2, -0.15) is 0 Å². The van der Waals surface area contributed by atoms with Crippen LogP contribution in [0.15, 0.2) is 17.3 Å². The van der Waals surface area contributed by atoms with E-state index in [-0.39, 0.29) is 18.3 Å². The molecule has 2 aromatic rings. The van der Waals surface area contributed by atoms with Crippen molar-refractivity contribution in [2.45, 2.75) is 58.5 Å². The number of esters is 1. The molecule has 0 saturated heterocycles. The van der Waals surface area contributed by atoms with Crippen LogP contribution in [0, 0.1) is 20.8 Å². The van der Waals surface area contributed by atoms with Crippen molar-refractivity contribution < 1.29 is 9.53 Å². The fraction of sp³-hybridized carbons (Fsp3) is 0.450. The van der Waals surface area contributed by atoms with Gasteiger partial charge in [-0.05, 0) is 68.2 Å². The number of rotatable bonds is 6. The summed E-state index contributed by atoms with van der Waals surface area (Å²) in [6.45, 7) is 9.91. The molecule has 0 amide bonds. The number of hydrogen-bond donors (Lipinski definition) is 0. The Morgan fingerprint density at radius 2 is 1.81 bits per heavy atom. The summed E-state index contributed by atoms with van der Waals surface area (Å²) in [6, 6.07) is 3.72. The quantitative estimate of drug-likeness (QED) is 0.283. The number of carbonyl (C=O) groups excluding carboxylic acids is 1. The van der Waals surface area contributed by atoms with Crippen LogP contribution < -0.4 is 4.74 Å². The highest BCUT2D eigenvalue weighted by Gasteiger charge is 2.16. The summed E-state index contributed by atoms with van der Waals surface area (Å²) in [4.78, 5) is 21.3. The van der Waals surface area contributed by atoms with Crippen LogP contribution >= 0.6 is 23.4 Å². The van der Waals surface area contributed by atoms with Gasteiger partial charge < -0.3 is 4.74 Å². The van der Waals surface area contributed by atoms with Crippen LogP contribution in [0.1, 0.15) is 54.3 Å². The number of ether oxygens (including phenoxy) is 1. The third-order valence-corrected chi connectivity index (χ3v) is 5.25. The van der Waals surface area contributed by atoms with E-state index in [9.17, 15) is 4.79 Å². The van der Waals surface area contributed by atoms with Gasteiger partial charge in [0.1, 0.15) is 5.75 Å². The van der Waals surface area contributed by atoms with E-state index in [1.807, 2.05) is 39.2 Å². The van der Waals surface area contributed by atoms with Gasteiger partial charge in [0.25, 0.3) is 0 Å². The molecular formula is C20H25ClN2O2S. The molecule has 0 radical (unpaired) electrons. The molecule has 140 valence electrons. The number of thioether (sulfide) groups is 1. The lowest BCUT2D eigenvalue weighted by atomic mass is 10.0. The summed E-state index contributed by atoms with van der Waals surface area (Å²) in [5.74, 6) is 0.545. The Bertz CT molecular complexity index is 799. The van der Waals surface area contributed by atoms with Gasteiger partial charge in [-0.15, -0.1) is 0 Å². The van der Waals surface area contributed by atoms with Gasteiger partial charge in [0, 0.05) is 16.4 Å². The van der Waals surface area contributed by atoms with Crippen LogP contribution in [-0.4, -0.2) is 22.2 Å². The first-order chi connectivity index (χ1) is 12.2. The normalized spacial score (nSPS) is 11.1. The highest BCUT2D eigenvalue weighted by Crippen LogP contribution is 2.32. The zero-order chi connectivity index (χ0) is 19.4. The number of aryl methyl sites for hydroxylation is 3. The zero-order valence-electron chi connectivity index (χ0n) is 16.1. The van der Waals surface area contributed by atoms with E-state index in [2.05, 4.69) is 23.8 Å². The molecule has 0 N–H and O–H groups in total. The predicted molar refractivity (Wildman–Crippen MR) is 108 cm³/mol. The minimum Gasteiger partial charge on any atom is -0.426 e. The van der Waals surface area contributed by atoms with Crippen LogP contribution in [0.2, 0.25) is 5.02 Å². The first-order valence-corrected chi connectivity index (χ1v) is 10.2. The Balaban J connectivity index is 2.12. The van der Waals surface area contributed by atoms with Gasteiger partial charge in [0.2, 0.25) is 0 Å². The Morgan fingerprint density at radius 3 is 2.35 bits per heavy atom. The largest absolute Gasteiger partial charge is 0.426 e. The zero-order valence-corrected chi connectivity index (χ0v) is 17.7. The Morgan fingerprint density at radius 1 is 1.19 bits per heavy atom. The van der Waals surface area contributed by atoms with Crippen molar-refractivity contribution in [1.82, 2.24) is 9.97 Å². The van der Waals surface area contributed by atoms with Gasteiger partial charge in [-0.3, -0.25) is 4.79 Å². The Kier molecular flexibility index (Phi) is 7.07. The molecule has 0 saturated carbocycles. The number of benzene rings is 1. The summed E-state index contributed by atoms with van der Waals surface area (Å²) in [5, 5.41) is 1.44. The summed E-state index contributed by atoms with van der Waals surface area (Å²) in [7, 11) is 0. The van der Waals surface area contributed by atoms with Crippen LogP contribution in [0.3, 0.4) is 0 Å². The van der Waals surface area contributed by atoms with Crippen LogP contribution in [0.25, 0.3) is 0 Å². The molecule has 0 aliphatic rings. The molecule has 2 rings (SSSR count). The first kappa shape index (κ1) is 20.7. The number of carbonyl (C=O) groups is 1. The standard InChI is InChI=1S/C20H25ClN2O2S/c1-11(2)16-10-17(21)12(3)9-18(16)25-19(24)8-7-15-13(4)22-20(26-6)23-14(15)5/h9-11H,7-8H2,1-6H3. The van der Waals surface area contributed by atoms with E-state index in [4.69, 9.17) is 16.3 Å². The predicted octanol–water partition coefficient (Wildman–Crippen LogP) is 5.44. The van der Waals surface area contributed by atoms with Crippen molar-refractivity contribution >= 4 is 29.3 Å². The minimum absolute atomic E-state index is 0.216. The number of halogens is 1. The highest BCUT2D eigenvalue weighted by molar-refractivity contribution is 7.98. The van der Waals surface area contributed by atoms with E-state index in [1.54, 1.807) is 0 Å². The van der Waals surface area contributed by atoms with Crippen LogP contribution in [0.4, 0.5) is 0 Å². The lowest BCUT2D eigenvalue weighted by Crippen LogP contribution is -2.12. The molecule has 0 bridgehead atoms. The van der Waals surface area contributed by atoms with Crippen molar-refractivity contribution in [3.63, 3.8) is 0 Å². The van der Waals surface area contributed by atoms with Crippen LogP contribution in [-0.2, 0) is 11.2 Å². The van der Waals surface area contributed by atoms with Crippen molar-refractivity contribution in [3.05, 3.63) is 45.2 Å². The summed E-state index contributed by atoms with van der Waals surface area (Å²) in [6.07, 6.45) is 2.79. The van der Waals surface area contributed by atoms with Crippen molar-refractivity contribution in [1.29, 1.82) is 0 Å². The van der Waals surface area contributed by atoms with Crippen molar-refractivity contribution in [2.24, 2.45) is 0 Å². The molecule has 0 aliphatic heterocycles. The lowest BCUT2D eigenvalue weighted by Gasteiger charge is -2.15. The second kappa shape index (κ2) is 8.87. The van der Waals surface area contributed by atoms with Crippen molar-refractivity contribution in [2.75, 3.05) is 6.26 Å². The van der Waals surface area contributed by atoms with Gasteiger partial charge in [-0.25, -0.2) is 9.97 Å². The molecule has 1 aromatic carbocycles. The van der Waals surface area contributed by atoms with E-state index >= 15 is 0 Å². The van der Waals surface area contributed by atoms with E-state index in [0.717, 1.165) is 33.2 Å². The monoisotopic (exact) mass is 392 g/mol. The summed E-state index contributed by atoms with van der Waals surface area (Å²) in [5.41, 5.74) is 4.68. The lowest BCUT2D eigenvalue weighted by molar-refractivity contribution is -0.134. The number of aromatic nitrogens is 2. The molecular weight excluding hydrogens is 368 g/mol. The molecule has 0 atom stereocenters. The topological polar surface area (TPSA) is 52.1 Å². The summed E-state index contributed by atoms with van der Waals surface area (Å²) >= 11 is 7.73. The number of hydrogen-bond acceptors (Lipinski definition) is 5. The van der Waals surface area contributed by atoms with E-state index in [0.29, 0.717) is 17.2 Å². The maximum absolute atomic E-state index is 12.4. The molecule has 26 heavy (non-hydrogen) atoms. The van der Waals surface area contributed by atoms with Gasteiger partial charge >= 0.3 is 5.97 Å². The third kappa shape index (κ3) is 4.98. The second-order valence-corrected chi connectivity index (χ2v) is 7.81. The maximum atomic E-state index is 12.4.